The maximum atomic E-state index is 9.33. The van der Waals surface area contributed by atoms with Crippen molar-refractivity contribution < 1.29 is 14.9 Å². The molecular weight excluding hydrogens is 230 g/mol. The first-order valence-corrected chi connectivity index (χ1v) is 6.55. The highest BCUT2D eigenvalue weighted by Gasteiger charge is 2.20. The van der Waals surface area contributed by atoms with Gasteiger partial charge in [-0.05, 0) is 49.4 Å². The Morgan fingerprint density at radius 1 is 1.22 bits per heavy atom. The predicted octanol–water partition coefficient (Wildman–Crippen LogP) is 2.00. The molecule has 0 saturated heterocycles. The van der Waals surface area contributed by atoms with Crippen LogP contribution in [-0.2, 0) is 11.3 Å². The fraction of sp³-hybridized carbons (Fsp3) is 0.571. The van der Waals surface area contributed by atoms with Gasteiger partial charge in [0.15, 0.2) is 11.5 Å². The van der Waals surface area contributed by atoms with Gasteiger partial charge in [-0.25, -0.2) is 0 Å². The maximum absolute atomic E-state index is 9.33. The molecule has 0 unspecified atom stereocenters. The van der Waals surface area contributed by atoms with E-state index in [-0.39, 0.29) is 11.5 Å². The van der Waals surface area contributed by atoms with Crippen molar-refractivity contribution in [2.75, 3.05) is 19.8 Å². The van der Waals surface area contributed by atoms with Crippen LogP contribution in [0.5, 0.6) is 11.5 Å². The number of hydrogen-bond acceptors (Lipinski definition) is 4. The van der Waals surface area contributed by atoms with E-state index in [1.807, 2.05) is 0 Å². The zero-order valence-electron chi connectivity index (χ0n) is 10.6. The molecule has 0 spiro atoms. The zero-order chi connectivity index (χ0) is 12.8. The van der Waals surface area contributed by atoms with Crippen LogP contribution in [0.25, 0.3) is 0 Å². The van der Waals surface area contributed by atoms with E-state index >= 15 is 0 Å². The quantitative estimate of drug-likeness (QED) is 0.488. The van der Waals surface area contributed by atoms with Crippen LogP contribution >= 0.6 is 0 Å². The molecule has 0 amide bonds. The lowest BCUT2D eigenvalue weighted by Gasteiger charge is -2.06. The van der Waals surface area contributed by atoms with Crippen molar-refractivity contribution in [2.45, 2.75) is 25.8 Å². The Hall–Kier alpha value is -1.26. The lowest BCUT2D eigenvalue weighted by atomic mass is 10.2. The molecule has 100 valence electrons. The van der Waals surface area contributed by atoms with Crippen LogP contribution in [0, 0.1) is 5.92 Å². The monoisotopic (exact) mass is 251 g/mol. The van der Waals surface area contributed by atoms with Crippen molar-refractivity contribution >= 4 is 0 Å². The minimum atomic E-state index is -0.0766. The summed E-state index contributed by atoms with van der Waals surface area (Å²) in [6.07, 6.45) is 3.67. The fourth-order valence-corrected chi connectivity index (χ4v) is 1.75. The number of ether oxygens (including phenoxy) is 1. The van der Waals surface area contributed by atoms with Crippen molar-refractivity contribution in [1.29, 1.82) is 0 Å². The summed E-state index contributed by atoms with van der Waals surface area (Å²) in [6, 6.07) is 4.88. The molecule has 2 rings (SSSR count). The first-order chi connectivity index (χ1) is 8.75. The second-order valence-electron chi connectivity index (χ2n) is 4.87. The van der Waals surface area contributed by atoms with Gasteiger partial charge in [0.25, 0.3) is 0 Å². The van der Waals surface area contributed by atoms with E-state index in [1.54, 1.807) is 12.1 Å². The molecule has 1 fully saturated rings. The van der Waals surface area contributed by atoms with Crippen LogP contribution in [0.4, 0.5) is 0 Å². The molecule has 0 heterocycles. The van der Waals surface area contributed by atoms with E-state index in [0.717, 1.165) is 37.7 Å². The largest absolute Gasteiger partial charge is 0.504 e. The van der Waals surface area contributed by atoms with E-state index < -0.39 is 0 Å². The van der Waals surface area contributed by atoms with E-state index in [9.17, 15) is 10.2 Å². The van der Waals surface area contributed by atoms with E-state index in [4.69, 9.17) is 4.74 Å². The Morgan fingerprint density at radius 2 is 2.06 bits per heavy atom. The summed E-state index contributed by atoms with van der Waals surface area (Å²) in [5.41, 5.74) is 0.962. The minimum absolute atomic E-state index is 0.0675. The van der Waals surface area contributed by atoms with E-state index in [1.165, 1.54) is 18.9 Å². The minimum Gasteiger partial charge on any atom is -0.504 e. The molecule has 0 atom stereocenters. The molecule has 1 aliphatic carbocycles. The number of hydrogen-bond donors (Lipinski definition) is 3. The van der Waals surface area contributed by atoms with Crippen LogP contribution in [0.15, 0.2) is 18.2 Å². The molecule has 4 heteroatoms. The van der Waals surface area contributed by atoms with Crippen molar-refractivity contribution in [2.24, 2.45) is 5.92 Å². The van der Waals surface area contributed by atoms with Crippen LogP contribution in [0.2, 0.25) is 0 Å². The normalized spacial score (nSPS) is 14.9. The number of aromatic hydroxyl groups is 2. The lowest BCUT2D eigenvalue weighted by Crippen LogP contribution is -2.16. The van der Waals surface area contributed by atoms with Crippen LogP contribution < -0.4 is 5.32 Å². The third-order valence-electron chi connectivity index (χ3n) is 3.06. The van der Waals surface area contributed by atoms with Crippen molar-refractivity contribution in [3.05, 3.63) is 23.8 Å². The topological polar surface area (TPSA) is 61.7 Å². The molecule has 0 bridgehead atoms. The molecule has 18 heavy (non-hydrogen) atoms. The average molecular weight is 251 g/mol. The number of rotatable bonds is 8. The SMILES string of the molecule is Oc1ccc(CNCCCOCC2CC2)cc1O. The Morgan fingerprint density at radius 3 is 2.78 bits per heavy atom. The highest BCUT2D eigenvalue weighted by atomic mass is 16.5. The summed E-state index contributed by atoms with van der Waals surface area (Å²) in [6.45, 7) is 3.32. The van der Waals surface area contributed by atoms with Crippen LogP contribution in [-0.4, -0.2) is 30.0 Å². The van der Waals surface area contributed by atoms with E-state index in [2.05, 4.69) is 5.32 Å². The van der Waals surface area contributed by atoms with Crippen molar-refractivity contribution in [1.82, 2.24) is 5.32 Å². The third-order valence-corrected chi connectivity index (χ3v) is 3.06. The molecular formula is C14H21NO3. The molecule has 0 aliphatic heterocycles. The van der Waals surface area contributed by atoms with Gasteiger partial charge in [-0.3, -0.25) is 0 Å². The molecule has 1 aromatic carbocycles. The van der Waals surface area contributed by atoms with Gasteiger partial charge in [-0.15, -0.1) is 0 Å². The predicted molar refractivity (Wildman–Crippen MR) is 69.6 cm³/mol. The van der Waals surface area contributed by atoms with Gasteiger partial charge in [-0.1, -0.05) is 6.07 Å². The van der Waals surface area contributed by atoms with E-state index in [0.29, 0.717) is 6.54 Å². The summed E-state index contributed by atoms with van der Waals surface area (Å²) >= 11 is 0. The molecule has 1 saturated carbocycles. The number of phenolic OH excluding ortho intramolecular Hbond substituents is 2. The smallest absolute Gasteiger partial charge is 0.157 e. The van der Waals surface area contributed by atoms with Gasteiger partial charge in [-0.2, -0.15) is 0 Å². The second kappa shape index (κ2) is 6.61. The average Bonchev–Trinajstić information content (AvgIpc) is 3.16. The third kappa shape index (κ3) is 4.55. The molecule has 1 aliphatic rings. The van der Waals surface area contributed by atoms with Crippen LogP contribution in [0.1, 0.15) is 24.8 Å². The second-order valence-corrected chi connectivity index (χ2v) is 4.87. The first-order valence-electron chi connectivity index (χ1n) is 6.55. The summed E-state index contributed by atoms with van der Waals surface area (Å²) in [5.74, 6) is 0.687. The van der Waals surface area contributed by atoms with Gasteiger partial charge in [0.1, 0.15) is 0 Å². The molecule has 0 radical (unpaired) electrons. The number of phenols is 2. The van der Waals surface area contributed by atoms with Gasteiger partial charge >= 0.3 is 0 Å². The molecule has 0 aromatic heterocycles. The molecule has 1 aromatic rings. The summed E-state index contributed by atoms with van der Waals surface area (Å²) in [7, 11) is 0. The standard InChI is InChI=1S/C14H21NO3/c16-13-5-4-12(8-14(13)17)9-15-6-1-7-18-10-11-2-3-11/h4-5,8,11,15-17H,1-3,6-7,9-10H2. The summed E-state index contributed by atoms with van der Waals surface area (Å²) < 4.78 is 5.53. The highest BCUT2D eigenvalue weighted by molar-refractivity contribution is 5.40. The molecule has 4 nitrogen and oxygen atoms in total. The fourth-order valence-electron chi connectivity index (χ4n) is 1.75. The van der Waals surface area contributed by atoms with Gasteiger partial charge in [0.05, 0.1) is 0 Å². The van der Waals surface area contributed by atoms with Gasteiger partial charge in [0.2, 0.25) is 0 Å². The van der Waals surface area contributed by atoms with Gasteiger partial charge < -0.3 is 20.3 Å². The number of benzene rings is 1. The Labute approximate surface area is 108 Å². The lowest BCUT2D eigenvalue weighted by molar-refractivity contribution is 0.122. The summed E-state index contributed by atoms with van der Waals surface area (Å²) in [5, 5.41) is 21.8. The Bertz CT molecular complexity index is 377. The maximum Gasteiger partial charge on any atom is 0.157 e. The van der Waals surface area contributed by atoms with Crippen LogP contribution in [0.3, 0.4) is 0 Å². The van der Waals surface area contributed by atoms with Crippen molar-refractivity contribution in [3.63, 3.8) is 0 Å². The first kappa shape index (κ1) is 13.2. The Kier molecular flexibility index (Phi) is 4.84. The number of nitrogens with one attached hydrogen (secondary N) is 1. The Balaban J connectivity index is 1.52. The van der Waals surface area contributed by atoms with Gasteiger partial charge in [0, 0.05) is 19.8 Å². The summed E-state index contributed by atoms with van der Waals surface area (Å²) in [4.78, 5) is 0. The molecule has 3 N–H and O–H groups in total. The zero-order valence-corrected chi connectivity index (χ0v) is 10.6. The van der Waals surface area contributed by atoms with Crippen molar-refractivity contribution in [3.8, 4) is 11.5 Å². The highest BCUT2D eigenvalue weighted by Crippen LogP contribution is 2.28.